The van der Waals surface area contributed by atoms with Crippen LogP contribution >= 0.6 is 11.6 Å². The van der Waals surface area contributed by atoms with E-state index < -0.39 is 0 Å². The van der Waals surface area contributed by atoms with E-state index in [1.54, 1.807) is 6.33 Å². The molecular weight excluding hydrogens is 310 g/mol. The summed E-state index contributed by atoms with van der Waals surface area (Å²) in [5.41, 5.74) is 2.78. The van der Waals surface area contributed by atoms with Gasteiger partial charge >= 0.3 is 0 Å². The second kappa shape index (κ2) is 6.19. The van der Waals surface area contributed by atoms with Crippen molar-refractivity contribution in [1.29, 1.82) is 0 Å². The van der Waals surface area contributed by atoms with E-state index in [2.05, 4.69) is 27.0 Å². The maximum atomic E-state index is 6.06. The van der Waals surface area contributed by atoms with Crippen LogP contribution in [-0.4, -0.2) is 40.7 Å². The first-order valence-corrected chi connectivity index (χ1v) is 8.41. The standard InChI is InChI=1S/C18H20ClN3O/c19-16-3-1-2-14(4-16)9-22-10-18(11-22)6-17(23-12-18)5-15-7-20-13-21-8-15/h1-4,7-8,13,17H,5-6,9-12H2/t17-/m1/s1. The summed E-state index contributed by atoms with van der Waals surface area (Å²) in [5, 5.41) is 0.812. The largest absolute Gasteiger partial charge is 0.377 e. The van der Waals surface area contributed by atoms with E-state index in [0.29, 0.717) is 11.5 Å². The monoisotopic (exact) mass is 329 g/mol. The quantitative estimate of drug-likeness (QED) is 0.864. The minimum Gasteiger partial charge on any atom is -0.377 e. The van der Waals surface area contributed by atoms with Crippen LogP contribution in [0.2, 0.25) is 5.02 Å². The SMILES string of the molecule is Clc1cccc(CN2CC3(CO[C@H](Cc4cncnc4)C3)C2)c1. The Kier molecular flexibility index (Phi) is 4.05. The fourth-order valence-electron chi connectivity index (χ4n) is 3.85. The molecule has 1 atom stereocenters. The van der Waals surface area contributed by atoms with Crippen LogP contribution in [0.5, 0.6) is 0 Å². The van der Waals surface area contributed by atoms with Gasteiger partial charge < -0.3 is 4.74 Å². The average Bonchev–Trinajstić information content (AvgIpc) is 2.92. The van der Waals surface area contributed by atoms with Crippen molar-refractivity contribution in [2.75, 3.05) is 19.7 Å². The van der Waals surface area contributed by atoms with Crippen LogP contribution in [0.15, 0.2) is 43.0 Å². The van der Waals surface area contributed by atoms with E-state index in [9.17, 15) is 0 Å². The predicted molar refractivity (Wildman–Crippen MR) is 89.3 cm³/mol. The number of benzene rings is 1. The van der Waals surface area contributed by atoms with Crippen LogP contribution in [-0.2, 0) is 17.7 Å². The summed E-state index contributed by atoms with van der Waals surface area (Å²) >= 11 is 6.06. The molecule has 2 aliphatic rings. The van der Waals surface area contributed by atoms with Crippen LogP contribution in [0, 0.1) is 5.41 Å². The molecule has 2 saturated heterocycles. The summed E-state index contributed by atoms with van der Waals surface area (Å²) in [7, 11) is 0. The molecule has 0 unspecified atom stereocenters. The third-order valence-electron chi connectivity index (χ3n) is 4.78. The number of rotatable bonds is 4. The smallest absolute Gasteiger partial charge is 0.115 e. The Hall–Kier alpha value is -1.49. The summed E-state index contributed by atoms with van der Waals surface area (Å²) in [5.74, 6) is 0. The van der Waals surface area contributed by atoms with Crippen molar-refractivity contribution in [2.45, 2.75) is 25.5 Å². The van der Waals surface area contributed by atoms with Gasteiger partial charge in [0.25, 0.3) is 0 Å². The first kappa shape index (κ1) is 15.1. The Bertz CT molecular complexity index is 673. The Morgan fingerprint density at radius 2 is 2.04 bits per heavy atom. The van der Waals surface area contributed by atoms with Gasteiger partial charge in [-0.2, -0.15) is 0 Å². The Balaban J connectivity index is 1.29. The van der Waals surface area contributed by atoms with Crippen molar-refractivity contribution in [3.8, 4) is 0 Å². The summed E-state index contributed by atoms with van der Waals surface area (Å²) in [4.78, 5) is 10.6. The number of ether oxygens (including phenoxy) is 1. The summed E-state index contributed by atoms with van der Waals surface area (Å²) in [6, 6.07) is 8.13. The highest BCUT2D eigenvalue weighted by Gasteiger charge is 2.48. The van der Waals surface area contributed by atoms with E-state index in [1.165, 1.54) is 5.56 Å². The van der Waals surface area contributed by atoms with Gasteiger partial charge in [-0.3, -0.25) is 4.90 Å². The van der Waals surface area contributed by atoms with Crippen molar-refractivity contribution >= 4 is 11.6 Å². The summed E-state index contributed by atoms with van der Waals surface area (Å²) in [6.07, 6.45) is 7.68. The molecule has 0 saturated carbocycles. The lowest BCUT2D eigenvalue weighted by Crippen LogP contribution is -2.56. The molecule has 2 aromatic rings. The Labute approximate surface area is 141 Å². The Morgan fingerprint density at radius 3 is 2.83 bits per heavy atom. The number of halogens is 1. The topological polar surface area (TPSA) is 38.2 Å². The van der Waals surface area contributed by atoms with E-state index >= 15 is 0 Å². The normalized spacial score (nSPS) is 23.1. The van der Waals surface area contributed by atoms with Crippen LogP contribution in [0.1, 0.15) is 17.5 Å². The van der Waals surface area contributed by atoms with Crippen LogP contribution in [0.25, 0.3) is 0 Å². The van der Waals surface area contributed by atoms with Crippen molar-refractivity contribution in [3.63, 3.8) is 0 Å². The van der Waals surface area contributed by atoms with Gasteiger partial charge in [0.15, 0.2) is 0 Å². The molecule has 2 aliphatic heterocycles. The number of hydrogen-bond acceptors (Lipinski definition) is 4. The molecule has 1 aromatic carbocycles. The van der Waals surface area contributed by atoms with Crippen molar-refractivity contribution in [2.24, 2.45) is 5.41 Å². The van der Waals surface area contributed by atoms with Gasteiger partial charge in [-0.1, -0.05) is 23.7 Å². The molecular formula is C18H20ClN3O. The highest BCUT2D eigenvalue weighted by atomic mass is 35.5. The van der Waals surface area contributed by atoms with Gasteiger partial charge in [-0.05, 0) is 29.7 Å². The molecule has 4 rings (SSSR count). The second-order valence-electron chi connectivity index (χ2n) is 6.86. The summed E-state index contributed by atoms with van der Waals surface area (Å²) < 4.78 is 6.03. The fourth-order valence-corrected chi connectivity index (χ4v) is 4.07. The second-order valence-corrected chi connectivity index (χ2v) is 7.30. The van der Waals surface area contributed by atoms with Crippen LogP contribution < -0.4 is 0 Å². The molecule has 0 bridgehead atoms. The molecule has 5 heteroatoms. The molecule has 23 heavy (non-hydrogen) atoms. The van der Waals surface area contributed by atoms with Crippen molar-refractivity contribution < 1.29 is 4.74 Å². The molecule has 2 fully saturated rings. The zero-order valence-corrected chi connectivity index (χ0v) is 13.7. The predicted octanol–water partition coefficient (Wildman–Crippen LogP) is 2.96. The van der Waals surface area contributed by atoms with Gasteiger partial charge in [0.2, 0.25) is 0 Å². The lowest BCUT2D eigenvalue weighted by molar-refractivity contribution is -0.0140. The van der Waals surface area contributed by atoms with E-state index in [0.717, 1.165) is 49.7 Å². The molecule has 120 valence electrons. The van der Waals surface area contributed by atoms with Crippen LogP contribution in [0.3, 0.4) is 0 Å². The zero-order chi connectivity index (χ0) is 15.7. The number of likely N-dealkylation sites (tertiary alicyclic amines) is 1. The third kappa shape index (κ3) is 3.39. The van der Waals surface area contributed by atoms with Gasteiger partial charge in [0.1, 0.15) is 6.33 Å². The third-order valence-corrected chi connectivity index (χ3v) is 5.01. The molecule has 1 aromatic heterocycles. The maximum absolute atomic E-state index is 6.06. The number of nitrogens with zero attached hydrogens (tertiary/aromatic N) is 3. The average molecular weight is 330 g/mol. The van der Waals surface area contributed by atoms with Gasteiger partial charge in [0, 0.05) is 48.9 Å². The first-order chi connectivity index (χ1) is 11.2. The minimum atomic E-state index is 0.300. The Morgan fingerprint density at radius 1 is 1.22 bits per heavy atom. The molecule has 3 heterocycles. The van der Waals surface area contributed by atoms with E-state index in [1.807, 2.05) is 24.5 Å². The van der Waals surface area contributed by atoms with E-state index in [4.69, 9.17) is 16.3 Å². The lowest BCUT2D eigenvalue weighted by Gasteiger charge is -2.47. The molecule has 1 spiro atoms. The van der Waals surface area contributed by atoms with Gasteiger partial charge in [0.05, 0.1) is 12.7 Å². The lowest BCUT2D eigenvalue weighted by atomic mass is 9.77. The molecule has 0 radical (unpaired) electrons. The molecule has 0 N–H and O–H groups in total. The number of hydrogen-bond donors (Lipinski definition) is 0. The molecule has 0 aliphatic carbocycles. The molecule has 0 amide bonds. The minimum absolute atomic E-state index is 0.300. The molecule has 4 nitrogen and oxygen atoms in total. The van der Waals surface area contributed by atoms with Crippen molar-refractivity contribution in [3.05, 3.63) is 59.1 Å². The summed E-state index contributed by atoms with van der Waals surface area (Å²) in [6.45, 7) is 4.07. The van der Waals surface area contributed by atoms with Crippen LogP contribution in [0.4, 0.5) is 0 Å². The van der Waals surface area contributed by atoms with Gasteiger partial charge in [-0.25, -0.2) is 9.97 Å². The fraction of sp³-hybridized carbons (Fsp3) is 0.444. The number of aromatic nitrogens is 2. The highest BCUT2D eigenvalue weighted by molar-refractivity contribution is 6.30. The maximum Gasteiger partial charge on any atom is 0.115 e. The highest BCUT2D eigenvalue weighted by Crippen LogP contribution is 2.42. The van der Waals surface area contributed by atoms with E-state index in [-0.39, 0.29) is 0 Å². The van der Waals surface area contributed by atoms with Crippen molar-refractivity contribution in [1.82, 2.24) is 14.9 Å². The first-order valence-electron chi connectivity index (χ1n) is 8.03. The zero-order valence-electron chi connectivity index (χ0n) is 13.0. The van der Waals surface area contributed by atoms with Gasteiger partial charge in [-0.15, -0.1) is 0 Å².